The Hall–Kier alpha value is -1.64. The summed E-state index contributed by atoms with van der Waals surface area (Å²) in [4.78, 5) is 15.8. The van der Waals surface area contributed by atoms with Crippen molar-refractivity contribution in [3.8, 4) is 5.75 Å². The van der Waals surface area contributed by atoms with E-state index in [1.165, 1.54) is 6.08 Å². The van der Waals surface area contributed by atoms with Crippen LogP contribution in [0.5, 0.6) is 5.75 Å². The Labute approximate surface area is 95.2 Å². The van der Waals surface area contributed by atoms with Gasteiger partial charge in [0.05, 0.1) is 5.69 Å². The Morgan fingerprint density at radius 3 is 2.62 bits per heavy atom. The molecule has 4 nitrogen and oxygen atoms in total. The van der Waals surface area contributed by atoms with Crippen LogP contribution >= 0.6 is 0 Å². The number of hydrogen-bond acceptors (Lipinski definition) is 4. The molecule has 0 saturated carbocycles. The first-order valence-electron chi connectivity index (χ1n) is 5.33. The predicted octanol–water partition coefficient (Wildman–Crippen LogP) is 2.20. The van der Waals surface area contributed by atoms with Crippen LogP contribution < -0.4 is 0 Å². The lowest BCUT2D eigenvalue weighted by Crippen LogP contribution is -2.22. The van der Waals surface area contributed by atoms with Crippen LogP contribution in [0.3, 0.4) is 0 Å². The fraction of sp³-hybridized carbons (Fsp3) is 0.417. The van der Waals surface area contributed by atoms with E-state index in [9.17, 15) is 9.90 Å². The molecule has 0 atom stereocenters. The molecular formula is C12H16N2O2. The average molecular weight is 220 g/mol. The minimum absolute atomic E-state index is 0.233. The summed E-state index contributed by atoms with van der Waals surface area (Å²) in [6.07, 6.45) is 1.49. The van der Waals surface area contributed by atoms with Crippen molar-refractivity contribution in [3.05, 3.63) is 23.8 Å². The second-order valence-corrected chi connectivity index (χ2v) is 3.48. The SMILES string of the molecule is CCN(CC)Cc1cc(N=C=O)ccc1O. The molecule has 1 aromatic carbocycles. The molecular weight excluding hydrogens is 204 g/mol. The van der Waals surface area contributed by atoms with Crippen LogP contribution in [-0.2, 0) is 11.3 Å². The van der Waals surface area contributed by atoms with Crippen molar-refractivity contribution in [1.29, 1.82) is 0 Å². The van der Waals surface area contributed by atoms with Crippen molar-refractivity contribution < 1.29 is 9.90 Å². The highest BCUT2D eigenvalue weighted by molar-refractivity contribution is 5.52. The number of benzene rings is 1. The summed E-state index contributed by atoms with van der Waals surface area (Å²) in [5, 5.41) is 9.68. The number of isocyanates is 1. The number of aliphatic imine (C=N–C) groups is 1. The van der Waals surface area contributed by atoms with E-state index in [-0.39, 0.29) is 5.75 Å². The van der Waals surface area contributed by atoms with E-state index in [0.29, 0.717) is 12.2 Å². The third-order valence-corrected chi connectivity index (χ3v) is 2.53. The smallest absolute Gasteiger partial charge is 0.240 e. The quantitative estimate of drug-likeness (QED) is 0.611. The maximum Gasteiger partial charge on any atom is 0.240 e. The fourth-order valence-corrected chi connectivity index (χ4v) is 1.51. The summed E-state index contributed by atoms with van der Waals surface area (Å²) in [7, 11) is 0. The molecule has 0 aliphatic rings. The van der Waals surface area contributed by atoms with Gasteiger partial charge in [0.2, 0.25) is 6.08 Å². The van der Waals surface area contributed by atoms with Crippen LogP contribution in [0.1, 0.15) is 19.4 Å². The fourth-order valence-electron chi connectivity index (χ4n) is 1.51. The molecule has 0 fully saturated rings. The van der Waals surface area contributed by atoms with Gasteiger partial charge < -0.3 is 5.11 Å². The van der Waals surface area contributed by atoms with Gasteiger partial charge in [-0.1, -0.05) is 13.8 Å². The van der Waals surface area contributed by atoms with Crippen molar-refractivity contribution in [2.45, 2.75) is 20.4 Å². The maximum atomic E-state index is 10.1. The molecule has 0 aliphatic heterocycles. The minimum atomic E-state index is 0.233. The van der Waals surface area contributed by atoms with E-state index < -0.39 is 0 Å². The van der Waals surface area contributed by atoms with Crippen molar-refractivity contribution in [2.24, 2.45) is 4.99 Å². The number of rotatable bonds is 5. The second-order valence-electron chi connectivity index (χ2n) is 3.48. The highest BCUT2D eigenvalue weighted by Crippen LogP contribution is 2.24. The first-order valence-corrected chi connectivity index (χ1v) is 5.33. The highest BCUT2D eigenvalue weighted by Gasteiger charge is 2.06. The molecule has 0 spiro atoms. The predicted molar refractivity (Wildman–Crippen MR) is 62.5 cm³/mol. The summed E-state index contributed by atoms with van der Waals surface area (Å²) in [6.45, 7) is 6.61. The Morgan fingerprint density at radius 1 is 1.38 bits per heavy atom. The van der Waals surface area contributed by atoms with Crippen LogP contribution in [0, 0.1) is 0 Å². The number of nitrogens with zero attached hydrogens (tertiary/aromatic N) is 2. The summed E-state index contributed by atoms with van der Waals surface area (Å²) in [5.74, 6) is 0.233. The Kier molecular flexibility index (Phi) is 4.70. The van der Waals surface area contributed by atoms with Gasteiger partial charge in [-0.25, -0.2) is 4.79 Å². The van der Waals surface area contributed by atoms with Crippen molar-refractivity contribution in [1.82, 2.24) is 4.90 Å². The number of hydrogen-bond donors (Lipinski definition) is 1. The number of phenols is 1. The zero-order valence-corrected chi connectivity index (χ0v) is 9.60. The largest absolute Gasteiger partial charge is 0.508 e. The molecule has 0 unspecified atom stereocenters. The van der Waals surface area contributed by atoms with E-state index in [4.69, 9.17) is 0 Å². The zero-order chi connectivity index (χ0) is 12.0. The molecule has 0 radical (unpaired) electrons. The van der Waals surface area contributed by atoms with E-state index >= 15 is 0 Å². The normalized spacial score (nSPS) is 10.2. The van der Waals surface area contributed by atoms with Crippen molar-refractivity contribution in [3.63, 3.8) is 0 Å². The van der Waals surface area contributed by atoms with Gasteiger partial charge in [-0.3, -0.25) is 4.90 Å². The Bertz CT molecular complexity index is 394. The molecule has 86 valence electrons. The van der Waals surface area contributed by atoms with Gasteiger partial charge in [-0.15, -0.1) is 0 Å². The van der Waals surface area contributed by atoms with E-state index in [0.717, 1.165) is 18.7 Å². The lowest BCUT2D eigenvalue weighted by atomic mass is 10.1. The zero-order valence-electron chi connectivity index (χ0n) is 9.60. The van der Waals surface area contributed by atoms with E-state index in [1.54, 1.807) is 18.2 Å². The average Bonchev–Trinajstić information content (AvgIpc) is 2.30. The molecule has 0 bridgehead atoms. The molecule has 4 heteroatoms. The van der Waals surface area contributed by atoms with E-state index in [2.05, 4.69) is 23.7 Å². The minimum Gasteiger partial charge on any atom is -0.508 e. The molecule has 0 aliphatic carbocycles. The molecule has 0 amide bonds. The van der Waals surface area contributed by atoms with Crippen LogP contribution in [0.4, 0.5) is 5.69 Å². The molecule has 0 aromatic heterocycles. The lowest BCUT2D eigenvalue weighted by molar-refractivity contribution is 0.291. The molecule has 0 saturated heterocycles. The third-order valence-electron chi connectivity index (χ3n) is 2.53. The van der Waals surface area contributed by atoms with Gasteiger partial charge >= 0.3 is 0 Å². The van der Waals surface area contributed by atoms with E-state index in [1.807, 2.05) is 0 Å². The molecule has 16 heavy (non-hydrogen) atoms. The third kappa shape index (κ3) is 3.19. The number of carbonyl (C=O) groups excluding carboxylic acids is 1. The van der Waals surface area contributed by atoms with Gasteiger partial charge in [0.15, 0.2) is 0 Å². The van der Waals surface area contributed by atoms with Gasteiger partial charge in [-0.2, -0.15) is 4.99 Å². The molecule has 1 rings (SSSR count). The van der Waals surface area contributed by atoms with Crippen LogP contribution in [-0.4, -0.2) is 29.2 Å². The number of aromatic hydroxyl groups is 1. The summed E-state index contributed by atoms with van der Waals surface area (Å²) >= 11 is 0. The van der Waals surface area contributed by atoms with Gasteiger partial charge in [0, 0.05) is 12.1 Å². The molecule has 0 heterocycles. The topological polar surface area (TPSA) is 52.9 Å². The lowest BCUT2D eigenvalue weighted by Gasteiger charge is -2.18. The van der Waals surface area contributed by atoms with Gasteiger partial charge in [0.1, 0.15) is 5.75 Å². The van der Waals surface area contributed by atoms with Crippen LogP contribution in [0.25, 0.3) is 0 Å². The number of phenolic OH excluding ortho intramolecular Hbond substituents is 1. The van der Waals surface area contributed by atoms with Crippen LogP contribution in [0.2, 0.25) is 0 Å². The van der Waals surface area contributed by atoms with Gasteiger partial charge in [-0.05, 0) is 31.3 Å². The monoisotopic (exact) mass is 220 g/mol. The maximum absolute atomic E-state index is 10.1. The Balaban J connectivity index is 2.93. The Morgan fingerprint density at radius 2 is 2.06 bits per heavy atom. The standard InChI is InChI=1S/C12H16N2O2/c1-3-14(4-2)8-10-7-11(13-9-15)5-6-12(10)16/h5-7,16H,3-4,8H2,1-2H3. The summed E-state index contributed by atoms with van der Waals surface area (Å²) in [6, 6.07) is 4.85. The first-order chi connectivity index (χ1) is 7.71. The summed E-state index contributed by atoms with van der Waals surface area (Å²) < 4.78 is 0. The molecule has 1 aromatic rings. The highest BCUT2D eigenvalue weighted by atomic mass is 16.3. The van der Waals surface area contributed by atoms with Gasteiger partial charge in [0.25, 0.3) is 0 Å². The van der Waals surface area contributed by atoms with Crippen LogP contribution in [0.15, 0.2) is 23.2 Å². The first kappa shape index (κ1) is 12.4. The second kappa shape index (κ2) is 6.05. The van der Waals surface area contributed by atoms with Crippen molar-refractivity contribution >= 4 is 11.8 Å². The summed E-state index contributed by atoms with van der Waals surface area (Å²) in [5.41, 5.74) is 1.30. The van der Waals surface area contributed by atoms with Crippen molar-refractivity contribution in [2.75, 3.05) is 13.1 Å². The molecule has 1 N–H and O–H groups in total.